The number of halogens is 4. The molecule has 0 heterocycles. The quantitative estimate of drug-likeness (QED) is 0.780. The van der Waals surface area contributed by atoms with Crippen LogP contribution in [-0.4, -0.2) is 7.05 Å². The highest BCUT2D eigenvalue weighted by Crippen LogP contribution is 2.38. The molecule has 0 aliphatic heterocycles. The van der Waals surface area contributed by atoms with E-state index in [0.717, 1.165) is 19.3 Å². The fourth-order valence-electron chi connectivity index (χ4n) is 2.46. The van der Waals surface area contributed by atoms with Gasteiger partial charge in [0, 0.05) is 4.47 Å². The molecule has 0 spiro atoms. The fourth-order valence-corrected chi connectivity index (χ4v) is 2.94. The molecule has 0 saturated carbocycles. The molecule has 0 aromatic heterocycles. The van der Waals surface area contributed by atoms with Gasteiger partial charge < -0.3 is 5.32 Å². The Kier molecular flexibility index (Phi) is 4.36. The summed E-state index contributed by atoms with van der Waals surface area (Å²) in [6.07, 6.45) is 0.822. The minimum absolute atomic E-state index is 0.0824. The molecule has 104 valence electrons. The van der Waals surface area contributed by atoms with E-state index in [4.69, 9.17) is 0 Å². The molecule has 0 bridgehead atoms. The normalized spacial score (nSPS) is 17.4. The summed E-state index contributed by atoms with van der Waals surface area (Å²) in [5.74, 6) is 0. The minimum Gasteiger partial charge on any atom is -0.310 e. The van der Waals surface area contributed by atoms with E-state index >= 15 is 0 Å². The molecule has 1 aliphatic carbocycles. The van der Waals surface area contributed by atoms with Gasteiger partial charge in [0.1, 0.15) is 0 Å². The smallest absolute Gasteiger partial charge is 0.310 e. The van der Waals surface area contributed by atoms with Crippen molar-refractivity contribution in [1.82, 2.24) is 5.32 Å². The predicted octanol–water partition coefficient (Wildman–Crippen LogP) is 4.84. The van der Waals surface area contributed by atoms with E-state index in [9.17, 15) is 13.2 Å². The summed E-state index contributed by atoms with van der Waals surface area (Å²) in [5, 5.41) is 3.11. The van der Waals surface area contributed by atoms with Crippen LogP contribution < -0.4 is 5.32 Å². The SMILES string of the molecule is CNC(C1=CCCC1)c1ccc(Br)c(C(F)(F)F)c1. The number of hydrogen-bond donors (Lipinski definition) is 1. The first kappa shape index (κ1) is 14.6. The first-order chi connectivity index (χ1) is 8.93. The molecule has 1 nitrogen and oxygen atoms in total. The first-order valence-corrected chi connectivity index (χ1v) is 6.95. The van der Waals surface area contributed by atoms with Crippen LogP contribution in [-0.2, 0) is 6.18 Å². The molecule has 1 atom stereocenters. The summed E-state index contributed by atoms with van der Waals surface area (Å²) in [6.45, 7) is 0. The number of rotatable bonds is 3. The Morgan fingerprint density at radius 2 is 2.05 bits per heavy atom. The average Bonchev–Trinajstić information content (AvgIpc) is 2.84. The highest BCUT2D eigenvalue weighted by molar-refractivity contribution is 9.10. The third kappa shape index (κ3) is 3.20. The van der Waals surface area contributed by atoms with Gasteiger partial charge in [0.05, 0.1) is 11.6 Å². The summed E-state index contributed by atoms with van der Waals surface area (Å²) in [7, 11) is 1.78. The number of hydrogen-bond acceptors (Lipinski definition) is 1. The van der Waals surface area contributed by atoms with Crippen molar-refractivity contribution in [2.24, 2.45) is 0 Å². The van der Waals surface area contributed by atoms with Crippen molar-refractivity contribution >= 4 is 15.9 Å². The lowest BCUT2D eigenvalue weighted by molar-refractivity contribution is -0.138. The number of nitrogens with one attached hydrogen (secondary N) is 1. The molecule has 1 N–H and O–H groups in total. The first-order valence-electron chi connectivity index (χ1n) is 6.16. The van der Waals surface area contributed by atoms with Crippen LogP contribution in [0.2, 0.25) is 0 Å². The molecule has 2 rings (SSSR count). The Bertz CT molecular complexity index is 494. The fraction of sp³-hybridized carbons (Fsp3) is 0.429. The number of alkyl halides is 3. The van der Waals surface area contributed by atoms with Crippen LogP contribution in [0, 0.1) is 0 Å². The average molecular weight is 334 g/mol. The molecule has 5 heteroatoms. The van der Waals surface area contributed by atoms with Crippen LogP contribution in [0.25, 0.3) is 0 Å². The van der Waals surface area contributed by atoms with Gasteiger partial charge in [-0.15, -0.1) is 0 Å². The van der Waals surface area contributed by atoms with E-state index in [1.54, 1.807) is 13.1 Å². The number of allylic oxidation sites excluding steroid dienone is 1. The molecule has 1 aromatic rings. The van der Waals surface area contributed by atoms with Crippen molar-refractivity contribution in [3.05, 3.63) is 45.4 Å². The van der Waals surface area contributed by atoms with Crippen molar-refractivity contribution in [3.8, 4) is 0 Å². The van der Waals surface area contributed by atoms with Gasteiger partial charge in [0.25, 0.3) is 0 Å². The summed E-state index contributed by atoms with van der Waals surface area (Å²) in [5.41, 5.74) is 1.22. The van der Waals surface area contributed by atoms with Gasteiger partial charge in [0.2, 0.25) is 0 Å². The molecular formula is C14H15BrF3N. The topological polar surface area (TPSA) is 12.0 Å². The van der Waals surface area contributed by atoms with Gasteiger partial charge in [-0.1, -0.05) is 33.6 Å². The van der Waals surface area contributed by atoms with Crippen molar-refractivity contribution in [1.29, 1.82) is 0 Å². The van der Waals surface area contributed by atoms with Crippen LogP contribution in [0.1, 0.15) is 36.4 Å². The van der Waals surface area contributed by atoms with E-state index in [-0.39, 0.29) is 10.5 Å². The van der Waals surface area contributed by atoms with Gasteiger partial charge >= 0.3 is 6.18 Å². The molecule has 0 radical (unpaired) electrons. The molecule has 0 amide bonds. The van der Waals surface area contributed by atoms with E-state index in [1.165, 1.54) is 17.7 Å². The van der Waals surface area contributed by atoms with Crippen LogP contribution in [0.4, 0.5) is 13.2 Å². The third-order valence-electron chi connectivity index (χ3n) is 3.36. The van der Waals surface area contributed by atoms with Crippen molar-refractivity contribution in [2.75, 3.05) is 7.05 Å². The van der Waals surface area contributed by atoms with Gasteiger partial charge in [-0.25, -0.2) is 0 Å². The van der Waals surface area contributed by atoms with Gasteiger partial charge in [-0.3, -0.25) is 0 Å². The van der Waals surface area contributed by atoms with E-state index in [0.29, 0.717) is 5.56 Å². The third-order valence-corrected chi connectivity index (χ3v) is 4.06. The monoisotopic (exact) mass is 333 g/mol. The highest BCUT2D eigenvalue weighted by Gasteiger charge is 2.33. The largest absolute Gasteiger partial charge is 0.417 e. The zero-order chi connectivity index (χ0) is 14.0. The van der Waals surface area contributed by atoms with Gasteiger partial charge in [0.15, 0.2) is 0 Å². The minimum atomic E-state index is -4.34. The molecular weight excluding hydrogens is 319 g/mol. The Morgan fingerprint density at radius 3 is 2.58 bits per heavy atom. The van der Waals surface area contributed by atoms with Crippen LogP contribution in [0.5, 0.6) is 0 Å². The second kappa shape index (κ2) is 5.67. The maximum atomic E-state index is 12.9. The summed E-state index contributed by atoms with van der Waals surface area (Å²) in [4.78, 5) is 0. The Hall–Kier alpha value is -0.810. The Labute approximate surface area is 119 Å². The van der Waals surface area contributed by atoms with E-state index < -0.39 is 11.7 Å². The maximum Gasteiger partial charge on any atom is 0.417 e. The van der Waals surface area contributed by atoms with Crippen molar-refractivity contribution in [2.45, 2.75) is 31.5 Å². The lowest BCUT2D eigenvalue weighted by Crippen LogP contribution is -2.19. The van der Waals surface area contributed by atoms with Gasteiger partial charge in [-0.2, -0.15) is 13.2 Å². The predicted molar refractivity (Wildman–Crippen MR) is 72.9 cm³/mol. The molecule has 19 heavy (non-hydrogen) atoms. The second-order valence-electron chi connectivity index (χ2n) is 4.63. The number of benzene rings is 1. The second-order valence-corrected chi connectivity index (χ2v) is 5.48. The molecule has 0 fully saturated rings. The number of likely N-dealkylation sites (N-methyl/N-ethyl adjacent to an activating group) is 1. The molecule has 0 saturated heterocycles. The van der Waals surface area contributed by atoms with E-state index in [1.807, 2.05) is 0 Å². The summed E-state index contributed by atoms with van der Waals surface area (Å²) >= 11 is 2.97. The lowest BCUT2D eigenvalue weighted by Gasteiger charge is -2.20. The van der Waals surface area contributed by atoms with E-state index in [2.05, 4.69) is 27.3 Å². The van der Waals surface area contributed by atoms with Crippen molar-refractivity contribution < 1.29 is 13.2 Å². The Morgan fingerprint density at radius 1 is 1.32 bits per heavy atom. The Balaban J connectivity index is 2.39. The lowest BCUT2D eigenvalue weighted by atomic mass is 9.96. The van der Waals surface area contributed by atoms with Gasteiger partial charge in [-0.05, 0) is 44.0 Å². The molecule has 1 unspecified atom stereocenters. The van der Waals surface area contributed by atoms with Crippen LogP contribution in [0.3, 0.4) is 0 Å². The zero-order valence-electron chi connectivity index (χ0n) is 10.5. The molecule has 1 aliphatic rings. The standard InChI is InChI=1S/C14H15BrF3N/c1-19-13(9-4-2-3-5-9)10-6-7-12(15)11(8-10)14(16,17)18/h4,6-8,13,19H,2-3,5H2,1H3. The van der Waals surface area contributed by atoms with Crippen LogP contribution in [0.15, 0.2) is 34.3 Å². The maximum absolute atomic E-state index is 12.9. The molecule has 1 aromatic carbocycles. The highest BCUT2D eigenvalue weighted by atomic mass is 79.9. The van der Waals surface area contributed by atoms with Crippen LogP contribution >= 0.6 is 15.9 Å². The summed E-state index contributed by atoms with van der Waals surface area (Å²) in [6, 6.07) is 4.30. The zero-order valence-corrected chi connectivity index (χ0v) is 12.1. The summed E-state index contributed by atoms with van der Waals surface area (Å²) < 4.78 is 38.8. The van der Waals surface area contributed by atoms with Crippen molar-refractivity contribution in [3.63, 3.8) is 0 Å².